The summed E-state index contributed by atoms with van der Waals surface area (Å²) in [6, 6.07) is 7.88. The number of aromatic nitrogens is 2. The molecule has 0 aliphatic heterocycles. The first kappa shape index (κ1) is 13.6. The van der Waals surface area contributed by atoms with Crippen LogP contribution in [0.25, 0.3) is 11.3 Å². The minimum Gasteiger partial charge on any atom is -0.496 e. The number of imidazole rings is 1. The Kier molecular flexibility index (Phi) is 4.94. The van der Waals surface area contributed by atoms with Crippen molar-refractivity contribution in [2.75, 3.05) is 27.4 Å². The van der Waals surface area contributed by atoms with Crippen molar-refractivity contribution in [3.8, 4) is 17.0 Å². The molecule has 0 aliphatic carbocycles. The highest BCUT2D eigenvalue weighted by atomic mass is 16.5. The predicted octanol–water partition coefficient (Wildman–Crippen LogP) is 1.82. The van der Waals surface area contributed by atoms with Gasteiger partial charge in [-0.25, -0.2) is 4.98 Å². The van der Waals surface area contributed by atoms with Gasteiger partial charge < -0.3 is 19.8 Å². The lowest BCUT2D eigenvalue weighted by Gasteiger charge is -2.05. The molecule has 0 unspecified atom stereocenters. The molecule has 0 bridgehead atoms. The third-order valence-corrected chi connectivity index (χ3v) is 2.80. The summed E-state index contributed by atoms with van der Waals surface area (Å²) in [5.74, 6) is 1.74. The van der Waals surface area contributed by atoms with Crippen molar-refractivity contribution in [1.29, 1.82) is 0 Å². The fraction of sp³-hybridized carbons (Fsp3) is 0.357. The van der Waals surface area contributed by atoms with Gasteiger partial charge in [0.25, 0.3) is 0 Å². The number of nitrogens with one attached hydrogen (secondary N) is 2. The van der Waals surface area contributed by atoms with E-state index < -0.39 is 0 Å². The lowest BCUT2D eigenvalue weighted by molar-refractivity contribution is 0.199. The molecule has 2 N–H and O–H groups in total. The van der Waals surface area contributed by atoms with Gasteiger partial charge in [-0.1, -0.05) is 12.1 Å². The number of hydrogen-bond acceptors (Lipinski definition) is 4. The zero-order valence-corrected chi connectivity index (χ0v) is 11.3. The quantitative estimate of drug-likeness (QED) is 0.746. The number of methoxy groups -OCH3 is 2. The van der Waals surface area contributed by atoms with Crippen molar-refractivity contribution in [1.82, 2.24) is 15.3 Å². The van der Waals surface area contributed by atoms with Crippen LogP contribution < -0.4 is 10.1 Å². The Morgan fingerprint density at radius 2 is 2.11 bits per heavy atom. The lowest BCUT2D eigenvalue weighted by Crippen LogP contribution is -2.19. The predicted molar refractivity (Wildman–Crippen MR) is 74.2 cm³/mol. The van der Waals surface area contributed by atoms with E-state index in [1.165, 1.54) is 0 Å². The molecule has 2 rings (SSSR count). The van der Waals surface area contributed by atoms with Crippen molar-refractivity contribution in [2.45, 2.75) is 6.54 Å². The lowest BCUT2D eigenvalue weighted by atomic mass is 10.1. The molecule has 1 heterocycles. The summed E-state index contributed by atoms with van der Waals surface area (Å²) in [6.07, 6.45) is 1.82. The third kappa shape index (κ3) is 3.56. The Morgan fingerprint density at radius 1 is 1.26 bits per heavy atom. The molecule has 0 fully saturated rings. The fourth-order valence-electron chi connectivity index (χ4n) is 1.84. The minimum atomic E-state index is 0.693. The number of H-pyrrole nitrogens is 1. The Balaban J connectivity index is 2.04. The fourth-order valence-corrected chi connectivity index (χ4v) is 1.84. The zero-order valence-electron chi connectivity index (χ0n) is 11.3. The van der Waals surface area contributed by atoms with E-state index in [1.807, 2.05) is 30.5 Å². The van der Waals surface area contributed by atoms with Gasteiger partial charge in [-0.05, 0) is 12.1 Å². The van der Waals surface area contributed by atoms with Crippen LogP contribution in [0.15, 0.2) is 30.5 Å². The highest BCUT2D eigenvalue weighted by Crippen LogP contribution is 2.27. The monoisotopic (exact) mass is 261 g/mol. The number of benzene rings is 1. The molecule has 5 heteroatoms. The van der Waals surface area contributed by atoms with E-state index in [4.69, 9.17) is 9.47 Å². The molecule has 0 aliphatic rings. The second kappa shape index (κ2) is 6.92. The van der Waals surface area contributed by atoms with Crippen molar-refractivity contribution < 1.29 is 9.47 Å². The summed E-state index contributed by atoms with van der Waals surface area (Å²) >= 11 is 0. The van der Waals surface area contributed by atoms with Crippen molar-refractivity contribution in [2.24, 2.45) is 0 Å². The average Bonchev–Trinajstić information content (AvgIpc) is 2.92. The smallest absolute Gasteiger partial charge is 0.128 e. The Hall–Kier alpha value is -1.85. The number of ether oxygens (including phenoxy) is 2. The molecule has 0 amide bonds. The largest absolute Gasteiger partial charge is 0.496 e. The van der Waals surface area contributed by atoms with Crippen LogP contribution in [0.4, 0.5) is 0 Å². The Bertz CT molecular complexity index is 511. The first-order valence-corrected chi connectivity index (χ1v) is 6.22. The second-order valence-electron chi connectivity index (χ2n) is 4.11. The molecule has 0 saturated carbocycles. The number of aromatic amines is 1. The molecule has 19 heavy (non-hydrogen) atoms. The molecule has 2 aromatic rings. The summed E-state index contributed by atoms with van der Waals surface area (Å²) in [5.41, 5.74) is 1.97. The molecule has 102 valence electrons. The third-order valence-electron chi connectivity index (χ3n) is 2.80. The summed E-state index contributed by atoms with van der Waals surface area (Å²) in [4.78, 5) is 7.64. The summed E-state index contributed by atoms with van der Waals surface area (Å²) in [7, 11) is 3.36. The summed E-state index contributed by atoms with van der Waals surface area (Å²) < 4.78 is 10.3. The van der Waals surface area contributed by atoms with Crippen LogP contribution in [0, 0.1) is 0 Å². The van der Waals surface area contributed by atoms with Crippen LogP contribution in [0.2, 0.25) is 0 Å². The van der Waals surface area contributed by atoms with E-state index >= 15 is 0 Å². The van der Waals surface area contributed by atoms with Crippen LogP contribution in [-0.4, -0.2) is 37.3 Å². The van der Waals surface area contributed by atoms with Crippen molar-refractivity contribution >= 4 is 0 Å². The van der Waals surface area contributed by atoms with Crippen LogP contribution >= 0.6 is 0 Å². The zero-order chi connectivity index (χ0) is 13.5. The molecule has 0 saturated heterocycles. The van der Waals surface area contributed by atoms with Gasteiger partial charge in [-0.15, -0.1) is 0 Å². The average molecular weight is 261 g/mol. The Labute approximate surface area is 113 Å². The number of nitrogens with zero attached hydrogens (tertiary/aromatic N) is 1. The number of hydrogen-bond donors (Lipinski definition) is 2. The number of rotatable bonds is 7. The molecule has 1 aromatic carbocycles. The van der Waals surface area contributed by atoms with Crippen molar-refractivity contribution in [3.63, 3.8) is 0 Å². The van der Waals surface area contributed by atoms with Gasteiger partial charge in [0.05, 0.1) is 32.2 Å². The molecule has 0 atom stereocenters. The van der Waals surface area contributed by atoms with Gasteiger partial charge in [0.2, 0.25) is 0 Å². The second-order valence-corrected chi connectivity index (χ2v) is 4.11. The molecular weight excluding hydrogens is 242 g/mol. The maximum absolute atomic E-state index is 5.34. The highest BCUT2D eigenvalue weighted by Gasteiger charge is 2.07. The van der Waals surface area contributed by atoms with Gasteiger partial charge in [0.1, 0.15) is 11.6 Å². The van der Waals surface area contributed by atoms with Gasteiger partial charge in [-0.3, -0.25) is 0 Å². The van der Waals surface area contributed by atoms with Crippen LogP contribution in [0.5, 0.6) is 5.75 Å². The molecule has 0 radical (unpaired) electrons. The molecule has 5 nitrogen and oxygen atoms in total. The van der Waals surface area contributed by atoms with Gasteiger partial charge in [0.15, 0.2) is 0 Å². The highest BCUT2D eigenvalue weighted by molar-refractivity contribution is 5.66. The molecule has 0 spiro atoms. The van der Waals surface area contributed by atoms with E-state index in [-0.39, 0.29) is 0 Å². The van der Waals surface area contributed by atoms with E-state index in [0.29, 0.717) is 13.2 Å². The van der Waals surface area contributed by atoms with Crippen LogP contribution in [0.1, 0.15) is 5.82 Å². The minimum absolute atomic E-state index is 0.693. The summed E-state index contributed by atoms with van der Waals surface area (Å²) in [5, 5.41) is 3.25. The van der Waals surface area contributed by atoms with Gasteiger partial charge >= 0.3 is 0 Å². The first-order valence-electron chi connectivity index (χ1n) is 6.22. The summed E-state index contributed by atoms with van der Waals surface area (Å²) in [6.45, 7) is 2.19. The van der Waals surface area contributed by atoms with Gasteiger partial charge in [0, 0.05) is 19.2 Å². The van der Waals surface area contributed by atoms with E-state index in [9.17, 15) is 0 Å². The maximum atomic E-state index is 5.34. The normalized spacial score (nSPS) is 10.6. The standard InChI is InChI=1S/C14H19N3O2/c1-18-8-7-15-10-14-16-9-12(17-14)11-5-3-4-6-13(11)19-2/h3-6,9,15H,7-8,10H2,1-2H3,(H,16,17). The molecular formula is C14H19N3O2. The van der Waals surface area contributed by atoms with Gasteiger partial charge in [-0.2, -0.15) is 0 Å². The maximum Gasteiger partial charge on any atom is 0.128 e. The Morgan fingerprint density at radius 3 is 2.89 bits per heavy atom. The SMILES string of the molecule is COCCNCc1ncc(-c2ccccc2OC)[nH]1. The van der Waals surface area contributed by atoms with Crippen molar-refractivity contribution in [3.05, 3.63) is 36.3 Å². The van der Waals surface area contributed by atoms with E-state index in [0.717, 1.165) is 29.4 Å². The molecule has 1 aromatic heterocycles. The van der Waals surface area contributed by atoms with Crippen LogP contribution in [0.3, 0.4) is 0 Å². The topological polar surface area (TPSA) is 59.2 Å². The van der Waals surface area contributed by atoms with Crippen LogP contribution in [-0.2, 0) is 11.3 Å². The van der Waals surface area contributed by atoms with E-state index in [1.54, 1.807) is 14.2 Å². The first-order chi connectivity index (χ1) is 9.35. The number of para-hydroxylation sites is 1. The van der Waals surface area contributed by atoms with E-state index in [2.05, 4.69) is 15.3 Å².